The van der Waals surface area contributed by atoms with Crippen LogP contribution in [0.3, 0.4) is 0 Å². The zero-order valence-corrected chi connectivity index (χ0v) is 13.7. The molecule has 0 aliphatic carbocycles. The van der Waals surface area contributed by atoms with Gasteiger partial charge in [-0.3, -0.25) is 4.79 Å². The van der Waals surface area contributed by atoms with Crippen LogP contribution in [0.25, 0.3) is 0 Å². The first-order valence-electron chi connectivity index (χ1n) is 6.85. The van der Waals surface area contributed by atoms with E-state index in [2.05, 4.69) is 47.2 Å². The van der Waals surface area contributed by atoms with Crippen molar-refractivity contribution < 1.29 is 9.21 Å². The molecule has 0 bridgehead atoms. The first-order valence-corrected chi connectivity index (χ1v) is 7.64. The first kappa shape index (κ1) is 15.8. The summed E-state index contributed by atoms with van der Waals surface area (Å²) in [4.78, 5) is 11.9. The molecule has 21 heavy (non-hydrogen) atoms. The van der Waals surface area contributed by atoms with Gasteiger partial charge in [-0.15, -0.1) is 0 Å². The van der Waals surface area contributed by atoms with E-state index >= 15 is 0 Å². The monoisotopic (exact) mass is 350 g/mol. The Kier molecular flexibility index (Phi) is 5.20. The zero-order valence-electron chi connectivity index (χ0n) is 12.1. The summed E-state index contributed by atoms with van der Waals surface area (Å²) in [5, 5.41) is 2.80. The predicted octanol–water partition coefficient (Wildman–Crippen LogP) is 3.60. The second-order valence-corrected chi connectivity index (χ2v) is 6.06. The van der Waals surface area contributed by atoms with Gasteiger partial charge in [0.2, 0.25) is 0 Å². The fraction of sp³-hybridized carbons (Fsp3) is 0.312. The Morgan fingerprint density at radius 1 is 1.29 bits per heavy atom. The molecule has 3 N–H and O–H groups in total. The quantitative estimate of drug-likeness (QED) is 0.865. The predicted molar refractivity (Wildman–Crippen MR) is 86.2 cm³/mol. The van der Waals surface area contributed by atoms with Crippen molar-refractivity contribution in [2.75, 3.05) is 6.54 Å². The van der Waals surface area contributed by atoms with Crippen LogP contribution in [0.2, 0.25) is 0 Å². The van der Waals surface area contributed by atoms with Crippen LogP contribution >= 0.6 is 15.9 Å². The molecule has 1 aromatic carbocycles. The van der Waals surface area contributed by atoms with Crippen LogP contribution in [0.4, 0.5) is 0 Å². The highest BCUT2D eigenvalue weighted by atomic mass is 79.9. The molecule has 1 aromatic heterocycles. The number of nitrogens with two attached hydrogens (primary N) is 1. The molecule has 0 aliphatic rings. The maximum Gasteiger partial charge on any atom is 0.254 e. The number of rotatable bonds is 5. The fourth-order valence-corrected chi connectivity index (χ4v) is 2.32. The van der Waals surface area contributed by atoms with Crippen LogP contribution < -0.4 is 11.1 Å². The fourth-order valence-electron chi connectivity index (χ4n) is 1.98. The second kappa shape index (κ2) is 6.91. The minimum absolute atomic E-state index is 0.196. The van der Waals surface area contributed by atoms with E-state index in [1.807, 2.05) is 12.1 Å². The van der Waals surface area contributed by atoms with Crippen LogP contribution in [-0.2, 0) is 0 Å². The first-order chi connectivity index (χ1) is 9.97. The van der Waals surface area contributed by atoms with E-state index in [-0.39, 0.29) is 11.9 Å². The lowest BCUT2D eigenvalue weighted by atomic mass is 9.99. The molecule has 0 aliphatic heterocycles. The molecule has 5 heteroatoms. The van der Waals surface area contributed by atoms with Crippen molar-refractivity contribution in [2.45, 2.75) is 25.8 Å². The van der Waals surface area contributed by atoms with Crippen LogP contribution in [0.5, 0.6) is 0 Å². The van der Waals surface area contributed by atoms with Gasteiger partial charge >= 0.3 is 0 Å². The van der Waals surface area contributed by atoms with E-state index in [0.29, 0.717) is 22.7 Å². The maximum atomic E-state index is 11.9. The molecule has 0 spiro atoms. The van der Waals surface area contributed by atoms with E-state index in [4.69, 9.17) is 10.2 Å². The normalized spacial score (nSPS) is 12.4. The molecule has 1 unspecified atom stereocenters. The highest BCUT2D eigenvalue weighted by Gasteiger charge is 2.12. The average molecular weight is 351 g/mol. The lowest BCUT2D eigenvalue weighted by Gasteiger charge is -2.14. The van der Waals surface area contributed by atoms with Gasteiger partial charge in [0.1, 0.15) is 6.26 Å². The van der Waals surface area contributed by atoms with Crippen molar-refractivity contribution in [3.8, 4) is 0 Å². The molecular formula is C16H19BrN2O2. The minimum Gasteiger partial charge on any atom is -0.457 e. The summed E-state index contributed by atoms with van der Waals surface area (Å²) in [6, 6.07) is 9.58. The number of nitrogens with one attached hydrogen (secondary N) is 1. The number of carbonyl (C=O) groups is 1. The van der Waals surface area contributed by atoms with Crippen LogP contribution in [0.1, 0.15) is 47.3 Å². The van der Waals surface area contributed by atoms with E-state index in [0.717, 1.165) is 5.56 Å². The van der Waals surface area contributed by atoms with Gasteiger partial charge in [-0.05, 0) is 33.0 Å². The van der Waals surface area contributed by atoms with E-state index in [1.165, 1.54) is 11.8 Å². The number of amides is 1. The van der Waals surface area contributed by atoms with Crippen molar-refractivity contribution in [2.24, 2.45) is 5.73 Å². The van der Waals surface area contributed by atoms with Gasteiger partial charge in [0.05, 0.1) is 5.56 Å². The molecular weight excluding hydrogens is 332 g/mol. The summed E-state index contributed by atoms with van der Waals surface area (Å²) in [5.74, 6) is 0.299. The van der Waals surface area contributed by atoms with Crippen molar-refractivity contribution in [1.82, 2.24) is 5.32 Å². The number of furan rings is 1. The zero-order chi connectivity index (χ0) is 15.4. The molecule has 1 atom stereocenters. The summed E-state index contributed by atoms with van der Waals surface area (Å²) in [6.07, 6.45) is 1.41. The Bertz CT molecular complexity index is 605. The lowest BCUT2D eigenvalue weighted by Crippen LogP contribution is -2.31. The third-order valence-electron chi connectivity index (χ3n) is 3.34. The molecule has 0 saturated heterocycles. The summed E-state index contributed by atoms with van der Waals surface area (Å²) >= 11 is 3.16. The number of hydrogen-bond acceptors (Lipinski definition) is 3. The third kappa shape index (κ3) is 4.19. The molecule has 1 heterocycles. The smallest absolute Gasteiger partial charge is 0.254 e. The summed E-state index contributed by atoms with van der Waals surface area (Å²) in [7, 11) is 0. The van der Waals surface area contributed by atoms with Crippen molar-refractivity contribution in [3.05, 3.63) is 58.0 Å². The Hall–Kier alpha value is -1.59. The average Bonchev–Trinajstić information content (AvgIpc) is 2.91. The standard InChI is InChI=1S/C16H19BrN2O2/c1-10(2)11-3-5-12(6-4-11)14(18)8-19-16(20)13-7-15(17)21-9-13/h3-7,9-10,14H,8,18H2,1-2H3,(H,19,20). The van der Waals surface area contributed by atoms with Gasteiger partial charge in [0, 0.05) is 18.7 Å². The van der Waals surface area contributed by atoms with Crippen LogP contribution in [0.15, 0.2) is 45.7 Å². The maximum absolute atomic E-state index is 11.9. The molecule has 1 amide bonds. The Balaban J connectivity index is 1.92. The van der Waals surface area contributed by atoms with Gasteiger partial charge < -0.3 is 15.5 Å². The van der Waals surface area contributed by atoms with Gasteiger partial charge in [-0.25, -0.2) is 0 Å². The summed E-state index contributed by atoms with van der Waals surface area (Å²) in [6.45, 7) is 4.68. The molecule has 0 radical (unpaired) electrons. The number of benzene rings is 1. The summed E-state index contributed by atoms with van der Waals surface area (Å²) < 4.78 is 5.57. The molecule has 2 aromatic rings. The van der Waals surface area contributed by atoms with E-state index < -0.39 is 0 Å². The van der Waals surface area contributed by atoms with Gasteiger partial charge in [0.15, 0.2) is 4.67 Å². The Morgan fingerprint density at radius 3 is 2.43 bits per heavy atom. The minimum atomic E-state index is -0.231. The van der Waals surface area contributed by atoms with Crippen LogP contribution in [0, 0.1) is 0 Å². The van der Waals surface area contributed by atoms with E-state index in [9.17, 15) is 4.79 Å². The molecule has 4 nitrogen and oxygen atoms in total. The van der Waals surface area contributed by atoms with Gasteiger partial charge in [-0.1, -0.05) is 38.1 Å². The highest BCUT2D eigenvalue weighted by Crippen LogP contribution is 2.18. The molecule has 2 rings (SSSR count). The number of halogens is 1. The van der Waals surface area contributed by atoms with Gasteiger partial charge in [0.25, 0.3) is 5.91 Å². The molecule has 0 saturated carbocycles. The van der Waals surface area contributed by atoms with Gasteiger partial charge in [-0.2, -0.15) is 0 Å². The lowest BCUT2D eigenvalue weighted by molar-refractivity contribution is 0.0950. The topological polar surface area (TPSA) is 68.3 Å². The van der Waals surface area contributed by atoms with Crippen molar-refractivity contribution in [1.29, 1.82) is 0 Å². The Labute approximate surface area is 132 Å². The van der Waals surface area contributed by atoms with Crippen LogP contribution in [-0.4, -0.2) is 12.5 Å². The second-order valence-electron chi connectivity index (χ2n) is 5.28. The largest absolute Gasteiger partial charge is 0.457 e. The van der Waals surface area contributed by atoms with Crippen molar-refractivity contribution >= 4 is 21.8 Å². The van der Waals surface area contributed by atoms with E-state index in [1.54, 1.807) is 6.07 Å². The molecule has 112 valence electrons. The number of hydrogen-bond donors (Lipinski definition) is 2. The van der Waals surface area contributed by atoms with Crippen molar-refractivity contribution in [3.63, 3.8) is 0 Å². The number of carbonyl (C=O) groups excluding carboxylic acids is 1. The third-order valence-corrected chi connectivity index (χ3v) is 3.76. The highest BCUT2D eigenvalue weighted by molar-refractivity contribution is 9.10. The summed E-state index contributed by atoms with van der Waals surface area (Å²) in [5.41, 5.74) is 8.87. The SMILES string of the molecule is CC(C)c1ccc(C(N)CNC(=O)c2coc(Br)c2)cc1. The Morgan fingerprint density at radius 2 is 1.90 bits per heavy atom. The molecule has 0 fully saturated rings.